The first-order valence-corrected chi connectivity index (χ1v) is 9.71. The fourth-order valence-corrected chi connectivity index (χ4v) is 3.08. The van der Waals surface area contributed by atoms with Crippen molar-refractivity contribution in [3.05, 3.63) is 59.7 Å². The van der Waals surface area contributed by atoms with Crippen LogP contribution in [-0.4, -0.2) is 37.7 Å². The van der Waals surface area contributed by atoms with Gasteiger partial charge in [0, 0.05) is 13.2 Å². The Hall–Kier alpha value is -2.86. The third kappa shape index (κ3) is 5.10. The van der Waals surface area contributed by atoms with E-state index in [1.807, 2.05) is 13.0 Å². The maximum atomic E-state index is 12.8. The standard InChI is InChI=1S/C22H26N2O4/c1-2-13-28-20-12-6-4-10-18(20)22(26)24-19-11-5-3-9-17(19)21(25)23-15-16-8-7-14-27-16/h3-6,9-12,16H,2,7-8,13-15H2,1H3,(H,23,25)(H,24,26)/t16-/m1/s1. The van der Waals surface area contributed by atoms with Crippen LogP contribution < -0.4 is 15.4 Å². The summed E-state index contributed by atoms with van der Waals surface area (Å²) in [4.78, 5) is 25.4. The van der Waals surface area contributed by atoms with Crippen molar-refractivity contribution in [2.45, 2.75) is 32.3 Å². The molecule has 6 nitrogen and oxygen atoms in total. The Labute approximate surface area is 165 Å². The third-order valence-corrected chi connectivity index (χ3v) is 4.53. The van der Waals surface area contributed by atoms with E-state index in [0.717, 1.165) is 25.9 Å². The average molecular weight is 382 g/mol. The zero-order valence-corrected chi connectivity index (χ0v) is 16.1. The summed E-state index contributed by atoms with van der Waals surface area (Å²) in [5.74, 6) is -0.0184. The number of para-hydroxylation sites is 2. The number of benzene rings is 2. The quantitative estimate of drug-likeness (QED) is 0.731. The molecular weight excluding hydrogens is 356 g/mol. The SMILES string of the molecule is CCCOc1ccccc1C(=O)Nc1ccccc1C(=O)NC[C@H]1CCCO1. The van der Waals surface area contributed by atoms with Crippen LogP contribution >= 0.6 is 0 Å². The van der Waals surface area contributed by atoms with Crippen molar-refractivity contribution in [2.75, 3.05) is 25.1 Å². The van der Waals surface area contributed by atoms with Gasteiger partial charge in [-0.1, -0.05) is 31.2 Å². The molecular formula is C22H26N2O4. The third-order valence-electron chi connectivity index (χ3n) is 4.53. The molecule has 0 bridgehead atoms. The van der Waals surface area contributed by atoms with Crippen LogP contribution in [0.15, 0.2) is 48.5 Å². The first kappa shape index (κ1) is 19.9. The maximum absolute atomic E-state index is 12.8. The van der Waals surface area contributed by atoms with Crippen LogP contribution in [-0.2, 0) is 4.74 Å². The Bertz CT molecular complexity index is 816. The Morgan fingerprint density at radius 2 is 1.82 bits per heavy atom. The van der Waals surface area contributed by atoms with Crippen molar-refractivity contribution in [3.63, 3.8) is 0 Å². The lowest BCUT2D eigenvalue weighted by Gasteiger charge is -2.15. The molecule has 1 heterocycles. The van der Waals surface area contributed by atoms with Gasteiger partial charge in [-0.05, 0) is 43.5 Å². The molecule has 0 aliphatic carbocycles. The molecule has 0 unspecified atom stereocenters. The lowest BCUT2D eigenvalue weighted by molar-refractivity contribution is 0.0858. The van der Waals surface area contributed by atoms with E-state index in [1.165, 1.54) is 0 Å². The first-order valence-electron chi connectivity index (χ1n) is 9.71. The number of carbonyl (C=O) groups is 2. The summed E-state index contributed by atoms with van der Waals surface area (Å²) >= 11 is 0. The van der Waals surface area contributed by atoms with Gasteiger partial charge in [-0.25, -0.2) is 0 Å². The summed E-state index contributed by atoms with van der Waals surface area (Å²) in [5.41, 5.74) is 1.31. The number of hydrogen-bond acceptors (Lipinski definition) is 4. The normalized spacial score (nSPS) is 15.8. The second-order valence-electron chi connectivity index (χ2n) is 6.69. The van der Waals surface area contributed by atoms with Crippen molar-refractivity contribution < 1.29 is 19.1 Å². The van der Waals surface area contributed by atoms with Crippen molar-refractivity contribution in [2.24, 2.45) is 0 Å². The van der Waals surface area contributed by atoms with Crippen LogP contribution in [0.3, 0.4) is 0 Å². The molecule has 1 aliphatic rings. The van der Waals surface area contributed by atoms with Gasteiger partial charge in [0.25, 0.3) is 11.8 Å². The monoisotopic (exact) mass is 382 g/mol. The van der Waals surface area contributed by atoms with Crippen LogP contribution in [0.5, 0.6) is 5.75 Å². The molecule has 1 saturated heterocycles. The number of amides is 2. The molecule has 2 aromatic carbocycles. The molecule has 0 aromatic heterocycles. The van der Waals surface area contributed by atoms with Gasteiger partial charge in [-0.2, -0.15) is 0 Å². The van der Waals surface area contributed by atoms with Crippen LogP contribution in [0.2, 0.25) is 0 Å². The maximum Gasteiger partial charge on any atom is 0.259 e. The van der Waals surface area contributed by atoms with Crippen molar-refractivity contribution in [1.29, 1.82) is 0 Å². The van der Waals surface area contributed by atoms with Gasteiger partial charge in [-0.3, -0.25) is 9.59 Å². The van der Waals surface area contributed by atoms with Crippen molar-refractivity contribution >= 4 is 17.5 Å². The second-order valence-corrected chi connectivity index (χ2v) is 6.69. The molecule has 2 amide bonds. The Kier molecular flexibility index (Phi) is 7.03. The van der Waals surface area contributed by atoms with E-state index in [2.05, 4.69) is 10.6 Å². The van der Waals surface area contributed by atoms with Crippen molar-refractivity contribution in [1.82, 2.24) is 5.32 Å². The second kappa shape index (κ2) is 9.90. The summed E-state index contributed by atoms with van der Waals surface area (Å²) in [6, 6.07) is 14.1. The lowest BCUT2D eigenvalue weighted by atomic mass is 10.1. The fourth-order valence-electron chi connectivity index (χ4n) is 3.08. The Balaban J connectivity index is 1.70. The molecule has 6 heteroatoms. The lowest BCUT2D eigenvalue weighted by Crippen LogP contribution is -2.32. The van der Waals surface area contributed by atoms with Gasteiger partial charge in [0.1, 0.15) is 5.75 Å². The van der Waals surface area contributed by atoms with E-state index < -0.39 is 0 Å². The van der Waals surface area contributed by atoms with Crippen LogP contribution in [0.1, 0.15) is 46.9 Å². The minimum absolute atomic E-state index is 0.0632. The summed E-state index contributed by atoms with van der Waals surface area (Å²) < 4.78 is 11.2. The average Bonchev–Trinajstić information content (AvgIpc) is 3.24. The Morgan fingerprint density at radius 3 is 2.57 bits per heavy atom. The van der Waals surface area contributed by atoms with Gasteiger partial charge in [-0.15, -0.1) is 0 Å². The molecule has 0 saturated carbocycles. The van der Waals surface area contributed by atoms with Crippen LogP contribution in [0.25, 0.3) is 0 Å². The van der Waals surface area contributed by atoms with E-state index in [1.54, 1.807) is 42.5 Å². The number of rotatable bonds is 8. The molecule has 0 radical (unpaired) electrons. The van der Waals surface area contributed by atoms with Gasteiger partial charge in [0.15, 0.2) is 0 Å². The Morgan fingerprint density at radius 1 is 1.07 bits per heavy atom. The van der Waals surface area contributed by atoms with Crippen LogP contribution in [0, 0.1) is 0 Å². The first-order chi connectivity index (χ1) is 13.7. The largest absolute Gasteiger partial charge is 0.493 e. The minimum Gasteiger partial charge on any atom is -0.493 e. The predicted molar refractivity (Wildman–Crippen MR) is 108 cm³/mol. The fraction of sp³-hybridized carbons (Fsp3) is 0.364. The summed E-state index contributed by atoms with van der Waals surface area (Å²) in [7, 11) is 0. The summed E-state index contributed by atoms with van der Waals surface area (Å²) in [6.45, 7) is 3.75. The number of anilines is 1. The van der Waals surface area contributed by atoms with E-state index in [0.29, 0.717) is 35.7 Å². The highest BCUT2D eigenvalue weighted by molar-refractivity contribution is 6.10. The number of ether oxygens (including phenoxy) is 2. The molecule has 2 N–H and O–H groups in total. The highest BCUT2D eigenvalue weighted by Crippen LogP contribution is 2.22. The molecule has 1 atom stereocenters. The number of carbonyl (C=O) groups excluding carboxylic acids is 2. The summed E-state index contributed by atoms with van der Waals surface area (Å²) in [5, 5.41) is 5.74. The number of nitrogens with one attached hydrogen (secondary N) is 2. The highest BCUT2D eigenvalue weighted by atomic mass is 16.5. The summed E-state index contributed by atoms with van der Waals surface area (Å²) in [6.07, 6.45) is 2.89. The van der Waals surface area contributed by atoms with Crippen LogP contribution in [0.4, 0.5) is 5.69 Å². The molecule has 1 fully saturated rings. The zero-order chi connectivity index (χ0) is 19.8. The predicted octanol–water partition coefficient (Wildman–Crippen LogP) is 3.64. The van der Waals surface area contributed by atoms with Gasteiger partial charge in [0.05, 0.1) is 29.5 Å². The minimum atomic E-state index is -0.314. The zero-order valence-electron chi connectivity index (χ0n) is 16.1. The van der Waals surface area contributed by atoms with E-state index in [9.17, 15) is 9.59 Å². The van der Waals surface area contributed by atoms with E-state index >= 15 is 0 Å². The van der Waals surface area contributed by atoms with Gasteiger partial charge >= 0.3 is 0 Å². The molecule has 2 aromatic rings. The molecule has 28 heavy (non-hydrogen) atoms. The van der Waals surface area contributed by atoms with Crippen molar-refractivity contribution in [3.8, 4) is 5.75 Å². The smallest absolute Gasteiger partial charge is 0.259 e. The molecule has 3 rings (SSSR count). The van der Waals surface area contributed by atoms with E-state index in [-0.39, 0.29) is 17.9 Å². The topological polar surface area (TPSA) is 76.7 Å². The van der Waals surface area contributed by atoms with Gasteiger partial charge in [0.2, 0.25) is 0 Å². The van der Waals surface area contributed by atoms with E-state index in [4.69, 9.17) is 9.47 Å². The van der Waals surface area contributed by atoms with Gasteiger partial charge < -0.3 is 20.1 Å². The molecule has 148 valence electrons. The molecule has 0 spiro atoms. The molecule has 1 aliphatic heterocycles. The highest BCUT2D eigenvalue weighted by Gasteiger charge is 2.19. The number of hydrogen-bond donors (Lipinski definition) is 2.